The van der Waals surface area contributed by atoms with Crippen LogP contribution in [0.2, 0.25) is 0 Å². The molecule has 4 nitrogen and oxygen atoms in total. The fourth-order valence-electron chi connectivity index (χ4n) is 0.987. The fourth-order valence-corrected chi connectivity index (χ4v) is 0.987. The van der Waals surface area contributed by atoms with E-state index in [9.17, 15) is 0 Å². The normalized spacial score (nSPS) is 9.79. The summed E-state index contributed by atoms with van der Waals surface area (Å²) in [6, 6.07) is 7.64. The summed E-state index contributed by atoms with van der Waals surface area (Å²) in [5.74, 6) is 0.831. The molecule has 1 aromatic rings. The summed E-state index contributed by atoms with van der Waals surface area (Å²) in [4.78, 5) is 2.65. The zero-order valence-corrected chi connectivity index (χ0v) is 7.92. The Kier molecular flexibility index (Phi) is 4.11. The third kappa shape index (κ3) is 3.21. The van der Waals surface area contributed by atoms with Gasteiger partial charge in [0, 0.05) is 11.5 Å². The van der Waals surface area contributed by atoms with Crippen LogP contribution in [-0.2, 0) is 0 Å². The number of hydrogen-bond acceptors (Lipinski definition) is 2. The maximum absolute atomic E-state index is 8.04. The summed E-state index contributed by atoms with van der Waals surface area (Å²) in [5.41, 5.74) is 9.09. The van der Waals surface area contributed by atoms with E-state index in [1.54, 1.807) is 7.11 Å². The molecule has 0 aliphatic rings. The van der Waals surface area contributed by atoms with Crippen LogP contribution in [0, 0.1) is 0 Å². The largest absolute Gasteiger partial charge is 0.497 e. The average Bonchev–Trinajstić information content (AvgIpc) is 2.25. The van der Waals surface area contributed by atoms with Crippen LogP contribution in [0.25, 0.3) is 16.5 Å². The Labute approximate surface area is 82.4 Å². The van der Waals surface area contributed by atoms with Crippen LogP contribution in [0.5, 0.6) is 5.75 Å². The zero-order chi connectivity index (χ0) is 10.2. The summed E-state index contributed by atoms with van der Waals surface area (Å²) in [7, 11) is 1.63. The lowest BCUT2D eigenvalue weighted by Gasteiger charge is -1.98. The van der Waals surface area contributed by atoms with Gasteiger partial charge in [0.2, 0.25) is 0 Å². The topological polar surface area (TPSA) is 58.0 Å². The first-order chi connectivity index (χ1) is 6.86. The summed E-state index contributed by atoms with van der Waals surface area (Å²) in [6.45, 7) is 0.378. The van der Waals surface area contributed by atoms with E-state index in [0.29, 0.717) is 6.54 Å². The lowest BCUT2D eigenvalue weighted by molar-refractivity contribution is 0.415. The Morgan fingerprint density at radius 3 is 2.71 bits per heavy atom. The number of azide groups is 1. The highest BCUT2D eigenvalue weighted by molar-refractivity contribution is 5.50. The highest BCUT2D eigenvalue weighted by atomic mass is 16.5. The standard InChI is InChI=1S/C10H11N3O/c1-14-10-6-4-9(5-7-10)3-2-8-12-13-11/h2-7H,8H2,1H3. The minimum Gasteiger partial charge on any atom is -0.497 e. The Balaban J connectivity index is 2.59. The van der Waals surface area contributed by atoms with Crippen molar-refractivity contribution in [3.8, 4) is 5.75 Å². The van der Waals surface area contributed by atoms with Crippen molar-refractivity contribution in [2.75, 3.05) is 13.7 Å². The molecular formula is C10H11N3O. The van der Waals surface area contributed by atoms with E-state index in [1.807, 2.05) is 36.4 Å². The van der Waals surface area contributed by atoms with Gasteiger partial charge in [-0.25, -0.2) is 0 Å². The number of rotatable bonds is 4. The molecule has 0 amide bonds. The quantitative estimate of drug-likeness (QED) is 0.408. The molecule has 1 rings (SSSR count). The molecular weight excluding hydrogens is 178 g/mol. The Bertz CT molecular complexity index is 350. The number of nitrogens with zero attached hydrogens (tertiary/aromatic N) is 3. The second-order valence-corrected chi connectivity index (χ2v) is 2.59. The summed E-state index contributed by atoms with van der Waals surface area (Å²) < 4.78 is 5.02. The van der Waals surface area contributed by atoms with Crippen LogP contribution in [0.3, 0.4) is 0 Å². The van der Waals surface area contributed by atoms with Crippen LogP contribution in [0.15, 0.2) is 35.5 Å². The van der Waals surface area contributed by atoms with E-state index >= 15 is 0 Å². The summed E-state index contributed by atoms with van der Waals surface area (Å²) >= 11 is 0. The average molecular weight is 189 g/mol. The molecule has 0 saturated heterocycles. The first-order valence-corrected chi connectivity index (χ1v) is 4.18. The molecule has 0 spiro atoms. The van der Waals surface area contributed by atoms with E-state index in [2.05, 4.69) is 10.0 Å². The third-order valence-electron chi connectivity index (χ3n) is 1.68. The van der Waals surface area contributed by atoms with Gasteiger partial charge in [0.1, 0.15) is 5.75 Å². The Hall–Kier alpha value is -1.93. The zero-order valence-electron chi connectivity index (χ0n) is 7.92. The lowest BCUT2D eigenvalue weighted by Crippen LogP contribution is -1.81. The van der Waals surface area contributed by atoms with Crippen LogP contribution in [-0.4, -0.2) is 13.7 Å². The number of benzene rings is 1. The summed E-state index contributed by atoms with van der Waals surface area (Å²) in [5, 5.41) is 3.39. The molecule has 0 radical (unpaired) electrons. The van der Waals surface area contributed by atoms with Gasteiger partial charge in [0.25, 0.3) is 0 Å². The van der Waals surface area contributed by atoms with Crippen molar-refractivity contribution >= 4 is 6.08 Å². The van der Waals surface area contributed by atoms with Gasteiger partial charge in [-0.2, -0.15) is 0 Å². The lowest BCUT2D eigenvalue weighted by atomic mass is 10.2. The van der Waals surface area contributed by atoms with Crippen LogP contribution in [0.4, 0.5) is 0 Å². The third-order valence-corrected chi connectivity index (χ3v) is 1.68. The Morgan fingerprint density at radius 2 is 2.14 bits per heavy atom. The van der Waals surface area contributed by atoms with Crippen molar-refractivity contribution in [3.63, 3.8) is 0 Å². The SMILES string of the molecule is COc1ccc(C=CCN=[N+]=[N-])cc1. The molecule has 0 aliphatic carbocycles. The molecule has 14 heavy (non-hydrogen) atoms. The van der Waals surface area contributed by atoms with Crippen molar-refractivity contribution < 1.29 is 4.74 Å². The smallest absolute Gasteiger partial charge is 0.118 e. The fraction of sp³-hybridized carbons (Fsp3) is 0.200. The van der Waals surface area contributed by atoms with Crippen molar-refractivity contribution in [2.24, 2.45) is 5.11 Å². The number of methoxy groups -OCH3 is 1. The van der Waals surface area contributed by atoms with E-state index in [4.69, 9.17) is 10.3 Å². The highest BCUT2D eigenvalue weighted by Gasteiger charge is 1.88. The predicted molar refractivity (Wildman–Crippen MR) is 56.0 cm³/mol. The molecule has 0 fully saturated rings. The minimum atomic E-state index is 0.378. The van der Waals surface area contributed by atoms with Gasteiger partial charge in [-0.05, 0) is 23.2 Å². The van der Waals surface area contributed by atoms with Crippen molar-refractivity contribution in [3.05, 3.63) is 46.3 Å². The second-order valence-electron chi connectivity index (χ2n) is 2.59. The van der Waals surface area contributed by atoms with Gasteiger partial charge in [-0.1, -0.05) is 29.4 Å². The molecule has 0 heterocycles. The van der Waals surface area contributed by atoms with Crippen molar-refractivity contribution in [2.45, 2.75) is 0 Å². The molecule has 0 aliphatic heterocycles. The maximum atomic E-state index is 8.04. The monoisotopic (exact) mass is 189 g/mol. The molecule has 0 N–H and O–H groups in total. The number of ether oxygens (including phenoxy) is 1. The Morgan fingerprint density at radius 1 is 1.43 bits per heavy atom. The van der Waals surface area contributed by atoms with Gasteiger partial charge in [0.15, 0.2) is 0 Å². The van der Waals surface area contributed by atoms with Gasteiger partial charge in [-0.15, -0.1) is 0 Å². The van der Waals surface area contributed by atoms with Crippen LogP contribution < -0.4 is 4.74 Å². The van der Waals surface area contributed by atoms with Crippen LogP contribution >= 0.6 is 0 Å². The highest BCUT2D eigenvalue weighted by Crippen LogP contribution is 2.11. The van der Waals surface area contributed by atoms with Gasteiger partial charge in [-0.3, -0.25) is 0 Å². The van der Waals surface area contributed by atoms with E-state index in [0.717, 1.165) is 11.3 Å². The van der Waals surface area contributed by atoms with Crippen LogP contribution in [0.1, 0.15) is 5.56 Å². The molecule has 72 valence electrons. The minimum absolute atomic E-state index is 0.378. The first kappa shape index (κ1) is 10.2. The van der Waals surface area contributed by atoms with Gasteiger partial charge >= 0.3 is 0 Å². The van der Waals surface area contributed by atoms with E-state index < -0.39 is 0 Å². The molecule has 1 aromatic carbocycles. The van der Waals surface area contributed by atoms with E-state index in [1.165, 1.54) is 0 Å². The van der Waals surface area contributed by atoms with Gasteiger partial charge < -0.3 is 4.74 Å². The molecule has 4 heteroatoms. The maximum Gasteiger partial charge on any atom is 0.118 e. The molecule has 0 bridgehead atoms. The van der Waals surface area contributed by atoms with Crippen molar-refractivity contribution in [1.29, 1.82) is 0 Å². The molecule has 0 atom stereocenters. The second kappa shape index (κ2) is 5.67. The van der Waals surface area contributed by atoms with E-state index in [-0.39, 0.29) is 0 Å². The molecule has 0 aromatic heterocycles. The summed E-state index contributed by atoms with van der Waals surface area (Å²) in [6.07, 6.45) is 3.70. The van der Waals surface area contributed by atoms with Crippen molar-refractivity contribution in [1.82, 2.24) is 0 Å². The van der Waals surface area contributed by atoms with Gasteiger partial charge in [0.05, 0.1) is 7.11 Å². The predicted octanol–water partition coefficient (Wildman–Crippen LogP) is 3.02. The molecule has 0 saturated carbocycles. The first-order valence-electron chi connectivity index (χ1n) is 4.18. The molecule has 0 unspecified atom stereocenters. The number of hydrogen-bond donors (Lipinski definition) is 0.